The molecule has 148 valence electrons. The van der Waals surface area contributed by atoms with E-state index in [4.69, 9.17) is 10.5 Å². The minimum absolute atomic E-state index is 0.0926. The van der Waals surface area contributed by atoms with E-state index < -0.39 is 5.91 Å². The number of carbonyl (C=O) groups excluding carboxylic acids is 2. The number of hydrogen-bond donors (Lipinski definition) is 1. The normalized spacial score (nSPS) is 16.7. The summed E-state index contributed by atoms with van der Waals surface area (Å²) in [5, 5.41) is 0. The molecule has 1 aromatic carbocycles. The molecule has 8 nitrogen and oxygen atoms in total. The number of nitrogens with two attached hydrogens (primary N) is 1. The van der Waals surface area contributed by atoms with E-state index in [0.29, 0.717) is 44.3 Å². The molecule has 3 heterocycles. The molecular weight excluding hydrogens is 426 g/mol. The lowest BCUT2D eigenvalue weighted by Crippen LogP contribution is -2.47. The number of primary amides is 1. The second kappa shape index (κ2) is 7.56. The summed E-state index contributed by atoms with van der Waals surface area (Å²) < 4.78 is 8.82. The van der Waals surface area contributed by atoms with Crippen LogP contribution in [0.1, 0.15) is 23.1 Å². The van der Waals surface area contributed by atoms with E-state index in [-0.39, 0.29) is 5.91 Å². The van der Waals surface area contributed by atoms with Gasteiger partial charge in [0.15, 0.2) is 5.69 Å². The van der Waals surface area contributed by atoms with Gasteiger partial charge in [0.2, 0.25) is 5.91 Å². The van der Waals surface area contributed by atoms with Crippen LogP contribution in [0.3, 0.4) is 0 Å². The van der Waals surface area contributed by atoms with Gasteiger partial charge in [-0.3, -0.25) is 14.5 Å². The minimum atomic E-state index is -0.532. The van der Waals surface area contributed by atoms with Gasteiger partial charge in [0.05, 0.1) is 17.8 Å². The fourth-order valence-electron chi connectivity index (χ4n) is 3.77. The highest BCUT2D eigenvalue weighted by Gasteiger charge is 2.28. The molecule has 1 aromatic heterocycles. The van der Waals surface area contributed by atoms with Crippen LogP contribution in [-0.2, 0) is 17.9 Å². The van der Waals surface area contributed by atoms with Crippen LogP contribution < -0.4 is 10.5 Å². The Morgan fingerprint density at radius 1 is 1.21 bits per heavy atom. The van der Waals surface area contributed by atoms with Crippen molar-refractivity contribution in [3.05, 3.63) is 34.1 Å². The molecular formula is C19H22BrN5O3. The molecule has 9 heteroatoms. The van der Waals surface area contributed by atoms with Crippen molar-refractivity contribution >= 4 is 27.7 Å². The van der Waals surface area contributed by atoms with Crippen molar-refractivity contribution in [2.75, 3.05) is 32.8 Å². The molecule has 0 atom stereocenters. The van der Waals surface area contributed by atoms with Gasteiger partial charge in [0, 0.05) is 44.1 Å². The zero-order valence-electron chi connectivity index (χ0n) is 15.7. The highest BCUT2D eigenvalue weighted by Crippen LogP contribution is 2.35. The van der Waals surface area contributed by atoms with Gasteiger partial charge in [-0.1, -0.05) is 15.9 Å². The standard InChI is InChI=1S/C19H22BrN5O3/c1-12(26)24-6-4-23(5-7-24)11-15-17(18(21)27)22-19-14-10-13(20)2-3-16(14)28-9-8-25(15)19/h2-3,10H,4-9,11H2,1H3,(H2,21,27). The zero-order chi connectivity index (χ0) is 19.8. The lowest BCUT2D eigenvalue weighted by atomic mass is 10.2. The van der Waals surface area contributed by atoms with Crippen molar-refractivity contribution in [2.24, 2.45) is 5.73 Å². The Morgan fingerprint density at radius 3 is 2.64 bits per heavy atom. The number of hydrogen-bond acceptors (Lipinski definition) is 5. The summed E-state index contributed by atoms with van der Waals surface area (Å²) in [7, 11) is 0. The van der Waals surface area contributed by atoms with Gasteiger partial charge in [0.1, 0.15) is 18.2 Å². The predicted molar refractivity (Wildman–Crippen MR) is 107 cm³/mol. The van der Waals surface area contributed by atoms with Crippen LogP contribution in [-0.4, -0.2) is 64.0 Å². The van der Waals surface area contributed by atoms with Crippen LogP contribution in [0.4, 0.5) is 0 Å². The average Bonchev–Trinajstić information content (AvgIpc) is 2.92. The third-order valence-electron chi connectivity index (χ3n) is 5.25. The fourth-order valence-corrected chi connectivity index (χ4v) is 4.13. The molecule has 2 amide bonds. The summed E-state index contributed by atoms with van der Waals surface area (Å²) in [5.41, 5.74) is 7.59. The highest BCUT2D eigenvalue weighted by molar-refractivity contribution is 9.10. The maximum atomic E-state index is 12.1. The van der Waals surface area contributed by atoms with Gasteiger partial charge in [-0.05, 0) is 18.2 Å². The van der Waals surface area contributed by atoms with E-state index in [1.807, 2.05) is 27.7 Å². The fraction of sp³-hybridized carbons (Fsp3) is 0.421. The van der Waals surface area contributed by atoms with Gasteiger partial charge in [-0.25, -0.2) is 4.98 Å². The number of nitrogens with zero attached hydrogens (tertiary/aromatic N) is 4. The zero-order valence-corrected chi connectivity index (χ0v) is 17.2. The summed E-state index contributed by atoms with van der Waals surface area (Å²) in [6.07, 6.45) is 0. The average molecular weight is 448 g/mol. The third kappa shape index (κ3) is 3.51. The van der Waals surface area contributed by atoms with Crippen molar-refractivity contribution in [3.8, 4) is 17.1 Å². The van der Waals surface area contributed by atoms with Crippen molar-refractivity contribution in [1.29, 1.82) is 0 Å². The Hall–Kier alpha value is -2.39. The van der Waals surface area contributed by atoms with Crippen molar-refractivity contribution in [2.45, 2.75) is 20.0 Å². The smallest absolute Gasteiger partial charge is 0.269 e. The molecule has 28 heavy (non-hydrogen) atoms. The van der Waals surface area contributed by atoms with E-state index in [9.17, 15) is 9.59 Å². The van der Waals surface area contributed by atoms with Crippen LogP contribution in [0.15, 0.2) is 22.7 Å². The number of imidazole rings is 1. The van der Waals surface area contributed by atoms with Gasteiger partial charge in [0.25, 0.3) is 5.91 Å². The van der Waals surface area contributed by atoms with E-state index in [0.717, 1.165) is 34.6 Å². The third-order valence-corrected chi connectivity index (χ3v) is 5.75. The Kier molecular flexibility index (Phi) is 5.11. The van der Waals surface area contributed by atoms with Crippen LogP contribution in [0.25, 0.3) is 11.4 Å². The van der Waals surface area contributed by atoms with Gasteiger partial charge in [-0.2, -0.15) is 0 Å². The number of aromatic nitrogens is 2. The first-order valence-corrected chi connectivity index (χ1v) is 10.0. The lowest BCUT2D eigenvalue weighted by Gasteiger charge is -2.34. The minimum Gasteiger partial charge on any atom is -0.491 e. The van der Waals surface area contributed by atoms with Gasteiger partial charge in [-0.15, -0.1) is 0 Å². The van der Waals surface area contributed by atoms with Crippen molar-refractivity contribution in [1.82, 2.24) is 19.4 Å². The van der Waals surface area contributed by atoms with Crippen LogP contribution >= 0.6 is 15.9 Å². The monoisotopic (exact) mass is 447 g/mol. The molecule has 0 saturated carbocycles. The number of benzene rings is 1. The maximum Gasteiger partial charge on any atom is 0.269 e. The first kappa shape index (κ1) is 18.9. The van der Waals surface area contributed by atoms with Gasteiger partial charge >= 0.3 is 0 Å². The number of piperazine rings is 1. The number of amides is 2. The molecule has 4 rings (SSSR count). The molecule has 2 aliphatic rings. The maximum absolute atomic E-state index is 12.1. The van der Waals surface area contributed by atoms with E-state index >= 15 is 0 Å². The summed E-state index contributed by atoms with van der Waals surface area (Å²) in [4.78, 5) is 32.3. The molecule has 2 aliphatic heterocycles. The number of rotatable bonds is 3. The summed E-state index contributed by atoms with van der Waals surface area (Å²) in [6, 6.07) is 5.76. The summed E-state index contributed by atoms with van der Waals surface area (Å²) in [5.74, 6) is 0.995. The van der Waals surface area contributed by atoms with E-state index in [1.54, 1.807) is 6.92 Å². The molecule has 0 unspecified atom stereocenters. The number of halogens is 1. The molecule has 0 radical (unpaired) electrons. The summed E-state index contributed by atoms with van der Waals surface area (Å²) in [6.45, 7) is 6.08. The molecule has 2 N–H and O–H groups in total. The van der Waals surface area contributed by atoms with Crippen LogP contribution in [0, 0.1) is 0 Å². The first-order chi connectivity index (χ1) is 13.4. The molecule has 0 bridgehead atoms. The van der Waals surface area contributed by atoms with Crippen molar-refractivity contribution in [3.63, 3.8) is 0 Å². The number of fused-ring (bicyclic) bond motifs is 3. The SMILES string of the molecule is CC(=O)N1CCN(Cc2c(C(N)=O)nc3n2CCOc2ccc(Br)cc2-3)CC1. The van der Waals surface area contributed by atoms with Crippen LogP contribution in [0.2, 0.25) is 0 Å². The topological polar surface area (TPSA) is 93.7 Å². The van der Waals surface area contributed by atoms with E-state index in [2.05, 4.69) is 25.8 Å². The first-order valence-electron chi connectivity index (χ1n) is 9.24. The predicted octanol–water partition coefficient (Wildman–Crippen LogP) is 1.47. The number of carbonyl (C=O) groups is 2. The lowest BCUT2D eigenvalue weighted by molar-refractivity contribution is -0.130. The Morgan fingerprint density at radius 2 is 1.96 bits per heavy atom. The Balaban J connectivity index is 1.69. The summed E-state index contributed by atoms with van der Waals surface area (Å²) >= 11 is 3.49. The molecule has 0 spiro atoms. The quantitative estimate of drug-likeness (QED) is 0.768. The molecule has 2 aromatic rings. The van der Waals surface area contributed by atoms with E-state index in [1.165, 1.54) is 0 Å². The largest absolute Gasteiger partial charge is 0.491 e. The van der Waals surface area contributed by atoms with Crippen molar-refractivity contribution < 1.29 is 14.3 Å². The van der Waals surface area contributed by atoms with Crippen LogP contribution in [0.5, 0.6) is 5.75 Å². The second-order valence-corrected chi connectivity index (χ2v) is 7.93. The molecule has 0 aliphatic carbocycles. The Labute approximate surface area is 171 Å². The highest BCUT2D eigenvalue weighted by atomic mass is 79.9. The second-order valence-electron chi connectivity index (χ2n) is 7.02. The molecule has 1 saturated heterocycles. The van der Waals surface area contributed by atoms with Gasteiger partial charge < -0.3 is 19.9 Å². The Bertz CT molecular complexity index is 934. The number of ether oxygens (including phenoxy) is 1. The molecule has 1 fully saturated rings.